The maximum atomic E-state index is 3.78. The molecule has 3 heteroatoms. The number of fused-ring (bicyclic) bond motifs is 5. The standard InChI is InChI=1S/C18H16.C5H5N.C3H3NS/c1-3-7-15-13(5-1)9-11-18-16-8-4-2-6-14(16)10-12-17(15)18;1-2-4-6-5-3-1;1-2-4-5-3-1/h1,3,5,7,9-12H,2,4,6,8H2;1-5H;1-3H. The fraction of sp³-hybridized carbons (Fsp3) is 0.154. The molecule has 0 spiro atoms. The Balaban J connectivity index is 0.000000152. The third-order valence-electron chi connectivity index (χ3n) is 5.17. The minimum atomic E-state index is 1.25. The summed E-state index contributed by atoms with van der Waals surface area (Å²) in [5.41, 5.74) is 3.17. The minimum Gasteiger partial charge on any atom is -0.265 e. The number of pyridine rings is 1. The molecule has 6 rings (SSSR count). The van der Waals surface area contributed by atoms with Crippen molar-refractivity contribution in [1.82, 2.24) is 9.36 Å². The molecule has 0 unspecified atom stereocenters. The third kappa shape index (κ3) is 4.87. The Morgan fingerprint density at radius 3 is 2.14 bits per heavy atom. The summed E-state index contributed by atoms with van der Waals surface area (Å²) in [6.07, 6.45) is 10.5. The highest BCUT2D eigenvalue weighted by molar-refractivity contribution is 7.03. The maximum Gasteiger partial charge on any atom is 0.0406 e. The van der Waals surface area contributed by atoms with Gasteiger partial charge in [0.05, 0.1) is 0 Å². The van der Waals surface area contributed by atoms with Crippen molar-refractivity contribution in [2.45, 2.75) is 25.7 Å². The van der Waals surface area contributed by atoms with Crippen molar-refractivity contribution < 1.29 is 0 Å². The van der Waals surface area contributed by atoms with E-state index in [1.165, 1.54) is 58.8 Å². The van der Waals surface area contributed by atoms with E-state index in [1.54, 1.807) is 29.7 Å². The van der Waals surface area contributed by atoms with Gasteiger partial charge in [0.1, 0.15) is 0 Å². The summed E-state index contributed by atoms with van der Waals surface area (Å²) in [4.78, 5) is 3.78. The molecule has 0 saturated carbocycles. The largest absolute Gasteiger partial charge is 0.265 e. The number of rotatable bonds is 0. The topological polar surface area (TPSA) is 25.8 Å². The first-order chi connectivity index (χ1) is 14.4. The monoisotopic (exact) mass is 396 g/mol. The van der Waals surface area contributed by atoms with E-state index in [0.717, 1.165) is 0 Å². The number of nitrogens with zero attached hydrogens (tertiary/aromatic N) is 2. The van der Waals surface area contributed by atoms with Crippen LogP contribution in [0.25, 0.3) is 21.5 Å². The SMILES string of the molecule is c1ccc2c(c1)ccc1c3c(ccc12)CCCC3.c1ccncc1.c1cnsc1. The molecule has 0 saturated heterocycles. The lowest BCUT2D eigenvalue weighted by molar-refractivity contribution is 0.690. The molecule has 0 aliphatic heterocycles. The minimum absolute atomic E-state index is 1.25. The molecule has 0 fully saturated rings. The number of aromatic nitrogens is 2. The van der Waals surface area contributed by atoms with Crippen molar-refractivity contribution in [2.75, 3.05) is 0 Å². The molecule has 0 amide bonds. The zero-order valence-corrected chi connectivity index (χ0v) is 17.2. The van der Waals surface area contributed by atoms with Crippen molar-refractivity contribution in [3.05, 3.63) is 108 Å². The quantitative estimate of drug-likeness (QED) is 0.261. The molecule has 2 aromatic heterocycles. The predicted octanol–water partition coefficient (Wildman–Crippen LogP) is 7.10. The smallest absolute Gasteiger partial charge is 0.0406 e. The molecule has 1 aliphatic carbocycles. The molecule has 0 N–H and O–H groups in total. The highest BCUT2D eigenvalue weighted by Gasteiger charge is 2.13. The first kappa shape index (κ1) is 19.3. The van der Waals surface area contributed by atoms with Gasteiger partial charge in [-0.25, -0.2) is 4.37 Å². The second kappa shape index (κ2) is 9.94. The van der Waals surface area contributed by atoms with Gasteiger partial charge in [0.25, 0.3) is 0 Å². The zero-order valence-electron chi connectivity index (χ0n) is 16.4. The molecular formula is C26H24N2S. The Hall–Kier alpha value is -3.04. The van der Waals surface area contributed by atoms with Crippen molar-refractivity contribution in [1.29, 1.82) is 0 Å². The number of aryl methyl sites for hydroxylation is 2. The van der Waals surface area contributed by atoms with Gasteiger partial charge in [0, 0.05) is 24.0 Å². The van der Waals surface area contributed by atoms with Crippen molar-refractivity contribution in [3.8, 4) is 0 Å². The van der Waals surface area contributed by atoms with E-state index in [1.807, 2.05) is 29.6 Å². The van der Waals surface area contributed by atoms with Crippen molar-refractivity contribution in [3.63, 3.8) is 0 Å². The molecule has 2 heterocycles. The molecule has 144 valence electrons. The lowest BCUT2D eigenvalue weighted by Crippen LogP contribution is -2.02. The van der Waals surface area contributed by atoms with Crippen LogP contribution in [0.1, 0.15) is 24.0 Å². The van der Waals surface area contributed by atoms with Gasteiger partial charge in [-0.05, 0) is 88.1 Å². The summed E-state index contributed by atoms with van der Waals surface area (Å²) in [6, 6.07) is 25.6. The van der Waals surface area contributed by atoms with Crippen LogP contribution in [0.15, 0.2) is 96.8 Å². The van der Waals surface area contributed by atoms with Gasteiger partial charge >= 0.3 is 0 Å². The molecule has 2 nitrogen and oxygen atoms in total. The van der Waals surface area contributed by atoms with Gasteiger partial charge in [-0.15, -0.1) is 0 Å². The molecule has 5 aromatic rings. The second-order valence-electron chi connectivity index (χ2n) is 7.01. The fourth-order valence-electron chi connectivity index (χ4n) is 3.83. The molecule has 0 radical (unpaired) electrons. The van der Waals surface area contributed by atoms with Crippen LogP contribution in [-0.4, -0.2) is 9.36 Å². The van der Waals surface area contributed by atoms with E-state index in [-0.39, 0.29) is 0 Å². The normalized spacial score (nSPS) is 12.3. The van der Waals surface area contributed by atoms with Crippen molar-refractivity contribution in [2.24, 2.45) is 0 Å². The van der Waals surface area contributed by atoms with Crippen molar-refractivity contribution >= 4 is 33.1 Å². The van der Waals surface area contributed by atoms with E-state index in [4.69, 9.17) is 0 Å². The molecule has 1 aliphatic rings. The van der Waals surface area contributed by atoms with E-state index in [9.17, 15) is 0 Å². The summed E-state index contributed by atoms with van der Waals surface area (Å²) in [6.45, 7) is 0. The number of benzene rings is 3. The number of hydrogen-bond acceptors (Lipinski definition) is 3. The Kier molecular flexibility index (Phi) is 6.61. The van der Waals surface area contributed by atoms with Gasteiger partial charge in [0.15, 0.2) is 0 Å². The van der Waals surface area contributed by atoms with Gasteiger partial charge in [-0.1, -0.05) is 54.6 Å². The van der Waals surface area contributed by atoms with Gasteiger partial charge in [0.2, 0.25) is 0 Å². The first-order valence-electron chi connectivity index (χ1n) is 10.0. The average Bonchev–Trinajstić information content (AvgIpc) is 3.41. The fourth-order valence-corrected chi connectivity index (χ4v) is 4.18. The highest BCUT2D eigenvalue weighted by atomic mass is 32.1. The summed E-state index contributed by atoms with van der Waals surface area (Å²) in [5.74, 6) is 0. The summed E-state index contributed by atoms with van der Waals surface area (Å²) in [7, 11) is 0. The Morgan fingerprint density at radius 2 is 1.45 bits per heavy atom. The van der Waals surface area contributed by atoms with Gasteiger partial charge < -0.3 is 0 Å². The molecule has 29 heavy (non-hydrogen) atoms. The predicted molar refractivity (Wildman–Crippen MR) is 124 cm³/mol. The van der Waals surface area contributed by atoms with E-state index < -0.39 is 0 Å². The summed E-state index contributed by atoms with van der Waals surface area (Å²) < 4.78 is 3.76. The maximum absolute atomic E-state index is 3.78. The van der Waals surface area contributed by atoms with Crippen LogP contribution >= 0.6 is 11.5 Å². The molecular weight excluding hydrogens is 372 g/mol. The Labute approximate surface area is 176 Å². The van der Waals surface area contributed by atoms with Gasteiger partial charge in [-0.2, -0.15) is 0 Å². The van der Waals surface area contributed by atoms with E-state index in [2.05, 4.69) is 57.9 Å². The Morgan fingerprint density at radius 1 is 0.621 bits per heavy atom. The second-order valence-corrected chi connectivity index (χ2v) is 7.70. The summed E-state index contributed by atoms with van der Waals surface area (Å²) >= 11 is 1.46. The lowest BCUT2D eigenvalue weighted by atomic mass is 9.86. The lowest BCUT2D eigenvalue weighted by Gasteiger charge is -2.18. The average molecular weight is 397 g/mol. The molecule has 3 aromatic carbocycles. The van der Waals surface area contributed by atoms with E-state index in [0.29, 0.717) is 0 Å². The van der Waals surface area contributed by atoms with Crippen LogP contribution in [0.3, 0.4) is 0 Å². The summed E-state index contributed by atoms with van der Waals surface area (Å²) in [5, 5.41) is 7.57. The van der Waals surface area contributed by atoms with Crippen LogP contribution in [-0.2, 0) is 12.8 Å². The van der Waals surface area contributed by atoms with Crippen LogP contribution in [0, 0.1) is 0 Å². The van der Waals surface area contributed by atoms with Crippen LogP contribution in [0.5, 0.6) is 0 Å². The Bertz CT molecular complexity index is 1110. The van der Waals surface area contributed by atoms with E-state index >= 15 is 0 Å². The number of hydrogen-bond donors (Lipinski definition) is 0. The third-order valence-corrected chi connectivity index (χ3v) is 5.69. The van der Waals surface area contributed by atoms with Gasteiger partial charge in [-0.3, -0.25) is 4.98 Å². The van der Waals surface area contributed by atoms with Crippen LogP contribution in [0.2, 0.25) is 0 Å². The molecule has 0 bridgehead atoms. The first-order valence-corrected chi connectivity index (χ1v) is 10.9. The van der Waals surface area contributed by atoms with Crippen LogP contribution in [0.4, 0.5) is 0 Å². The zero-order chi connectivity index (χ0) is 19.7. The van der Waals surface area contributed by atoms with Crippen LogP contribution < -0.4 is 0 Å². The molecule has 0 atom stereocenters. The highest BCUT2D eigenvalue weighted by Crippen LogP contribution is 2.33.